The molecule has 106 valence electrons. The number of hydrogen-bond acceptors (Lipinski definition) is 4. The van der Waals surface area contributed by atoms with E-state index in [9.17, 15) is 9.59 Å². The van der Waals surface area contributed by atoms with Crippen molar-refractivity contribution in [3.8, 4) is 0 Å². The van der Waals surface area contributed by atoms with Crippen LogP contribution >= 0.6 is 11.8 Å². The summed E-state index contributed by atoms with van der Waals surface area (Å²) in [6, 6.07) is 0.205. The summed E-state index contributed by atoms with van der Waals surface area (Å²) in [6.07, 6.45) is 4.00. The highest BCUT2D eigenvalue weighted by Gasteiger charge is 2.19. The highest BCUT2D eigenvalue weighted by molar-refractivity contribution is 7.98. The van der Waals surface area contributed by atoms with Crippen LogP contribution in [-0.2, 0) is 11.3 Å². The van der Waals surface area contributed by atoms with Crippen LogP contribution < -0.4 is 10.6 Å². The number of urea groups is 1. The Hall–Kier alpha value is -1.70. The number of aliphatic carboxylic acids is 1. The number of carboxylic acid groups (broad SMARTS) is 1. The van der Waals surface area contributed by atoms with E-state index >= 15 is 0 Å². The predicted octanol–water partition coefficient (Wildman–Crippen LogP) is 1.23. The van der Waals surface area contributed by atoms with Gasteiger partial charge < -0.3 is 10.4 Å². The van der Waals surface area contributed by atoms with E-state index in [1.165, 1.54) is 11.8 Å². The largest absolute Gasteiger partial charge is 0.480 e. The molecule has 1 aromatic rings. The Morgan fingerprint density at radius 3 is 2.84 bits per heavy atom. The second kappa shape index (κ2) is 7.67. The maximum Gasteiger partial charge on any atom is 0.326 e. The van der Waals surface area contributed by atoms with Crippen LogP contribution in [0.2, 0.25) is 0 Å². The molecule has 1 atom stereocenters. The van der Waals surface area contributed by atoms with Crippen molar-refractivity contribution in [1.29, 1.82) is 0 Å². The SMILES string of the molecule is CCn1ccc(NC(=O)N[C@H](CCSC)C(=O)O)n1. The third kappa shape index (κ3) is 5.21. The number of anilines is 1. The van der Waals surface area contributed by atoms with Gasteiger partial charge in [-0.25, -0.2) is 9.59 Å². The predicted molar refractivity (Wildman–Crippen MR) is 74.5 cm³/mol. The fraction of sp³-hybridized carbons (Fsp3) is 0.545. The van der Waals surface area contributed by atoms with Crippen LogP contribution in [0.4, 0.5) is 10.6 Å². The topological polar surface area (TPSA) is 96.2 Å². The Morgan fingerprint density at radius 2 is 2.32 bits per heavy atom. The highest BCUT2D eigenvalue weighted by atomic mass is 32.2. The van der Waals surface area contributed by atoms with Gasteiger partial charge in [0, 0.05) is 18.8 Å². The number of carboxylic acids is 1. The molecule has 0 fully saturated rings. The molecule has 0 aliphatic heterocycles. The summed E-state index contributed by atoms with van der Waals surface area (Å²) < 4.78 is 1.66. The zero-order valence-corrected chi connectivity index (χ0v) is 11.7. The maximum absolute atomic E-state index is 11.6. The number of aryl methyl sites for hydroxylation is 1. The summed E-state index contributed by atoms with van der Waals surface area (Å²) >= 11 is 1.53. The van der Waals surface area contributed by atoms with Gasteiger partial charge in [-0.05, 0) is 25.4 Å². The molecule has 0 aliphatic carbocycles. The molecule has 0 aromatic carbocycles. The van der Waals surface area contributed by atoms with Gasteiger partial charge in [0.1, 0.15) is 6.04 Å². The number of hydrogen-bond donors (Lipinski definition) is 3. The number of amides is 2. The molecule has 0 spiro atoms. The van der Waals surface area contributed by atoms with Crippen LogP contribution in [0.5, 0.6) is 0 Å². The van der Waals surface area contributed by atoms with Crippen molar-refractivity contribution in [3.05, 3.63) is 12.3 Å². The minimum Gasteiger partial charge on any atom is -0.480 e. The van der Waals surface area contributed by atoms with Crippen LogP contribution in [0, 0.1) is 0 Å². The molecule has 1 heterocycles. The average Bonchev–Trinajstić information content (AvgIpc) is 2.81. The molecule has 0 aliphatic rings. The lowest BCUT2D eigenvalue weighted by Gasteiger charge is -2.13. The Kier molecular flexibility index (Phi) is 6.20. The summed E-state index contributed by atoms with van der Waals surface area (Å²) in [5, 5.41) is 18.0. The van der Waals surface area contributed by atoms with Gasteiger partial charge >= 0.3 is 12.0 Å². The van der Waals surface area contributed by atoms with Crippen molar-refractivity contribution >= 4 is 29.6 Å². The van der Waals surface area contributed by atoms with Gasteiger partial charge in [0.25, 0.3) is 0 Å². The van der Waals surface area contributed by atoms with E-state index in [1.54, 1.807) is 16.9 Å². The van der Waals surface area contributed by atoms with Gasteiger partial charge in [-0.2, -0.15) is 16.9 Å². The maximum atomic E-state index is 11.6. The molecule has 1 rings (SSSR count). The zero-order chi connectivity index (χ0) is 14.3. The van der Waals surface area contributed by atoms with E-state index in [1.807, 2.05) is 13.2 Å². The van der Waals surface area contributed by atoms with Crippen molar-refractivity contribution < 1.29 is 14.7 Å². The first-order valence-corrected chi connectivity index (χ1v) is 7.29. The van der Waals surface area contributed by atoms with E-state index in [2.05, 4.69) is 15.7 Å². The van der Waals surface area contributed by atoms with E-state index in [0.717, 1.165) is 0 Å². The lowest BCUT2D eigenvalue weighted by atomic mass is 10.2. The Morgan fingerprint density at radius 1 is 1.58 bits per heavy atom. The number of nitrogens with zero attached hydrogens (tertiary/aromatic N) is 2. The highest BCUT2D eigenvalue weighted by Crippen LogP contribution is 2.04. The monoisotopic (exact) mass is 286 g/mol. The van der Waals surface area contributed by atoms with Gasteiger partial charge in [-0.1, -0.05) is 0 Å². The van der Waals surface area contributed by atoms with Gasteiger partial charge in [0.05, 0.1) is 0 Å². The van der Waals surface area contributed by atoms with Gasteiger partial charge in [-0.15, -0.1) is 0 Å². The van der Waals surface area contributed by atoms with Crippen LogP contribution in [0.3, 0.4) is 0 Å². The first-order valence-electron chi connectivity index (χ1n) is 5.89. The molecule has 0 saturated heterocycles. The molecule has 7 nitrogen and oxygen atoms in total. The third-order valence-corrected chi connectivity index (χ3v) is 3.06. The number of carbonyl (C=O) groups is 2. The minimum absolute atomic E-state index is 0.382. The lowest BCUT2D eigenvalue weighted by molar-refractivity contribution is -0.139. The summed E-state index contributed by atoms with van der Waals surface area (Å²) in [7, 11) is 0. The normalized spacial score (nSPS) is 11.9. The molecule has 0 bridgehead atoms. The minimum atomic E-state index is -1.04. The molecule has 1 aromatic heterocycles. The number of nitrogens with one attached hydrogen (secondary N) is 2. The number of carbonyl (C=O) groups excluding carboxylic acids is 1. The second-order valence-corrected chi connectivity index (χ2v) is 4.81. The van der Waals surface area contributed by atoms with E-state index < -0.39 is 18.0 Å². The summed E-state index contributed by atoms with van der Waals surface area (Å²) in [4.78, 5) is 22.6. The molecule has 0 saturated carbocycles. The molecular formula is C11H18N4O3S. The smallest absolute Gasteiger partial charge is 0.326 e. The summed E-state index contributed by atoms with van der Waals surface area (Å²) in [5.74, 6) is 0.0264. The Bertz CT molecular complexity index is 435. The molecule has 0 radical (unpaired) electrons. The first-order chi connectivity index (χ1) is 9.06. The van der Waals surface area contributed by atoms with Gasteiger partial charge in [0.15, 0.2) is 5.82 Å². The van der Waals surface area contributed by atoms with E-state index in [0.29, 0.717) is 24.5 Å². The van der Waals surface area contributed by atoms with Gasteiger partial charge in [-0.3, -0.25) is 10.00 Å². The van der Waals surface area contributed by atoms with Gasteiger partial charge in [0.2, 0.25) is 0 Å². The van der Waals surface area contributed by atoms with Crippen LogP contribution in [0.1, 0.15) is 13.3 Å². The molecular weight excluding hydrogens is 268 g/mol. The summed E-state index contributed by atoms with van der Waals surface area (Å²) in [5.41, 5.74) is 0. The molecule has 2 amide bonds. The third-order valence-electron chi connectivity index (χ3n) is 2.42. The van der Waals surface area contributed by atoms with Crippen molar-refractivity contribution in [2.75, 3.05) is 17.3 Å². The fourth-order valence-corrected chi connectivity index (χ4v) is 1.88. The van der Waals surface area contributed by atoms with E-state index in [-0.39, 0.29) is 0 Å². The fourth-order valence-electron chi connectivity index (χ4n) is 1.41. The van der Waals surface area contributed by atoms with Crippen molar-refractivity contribution in [1.82, 2.24) is 15.1 Å². The van der Waals surface area contributed by atoms with Crippen molar-refractivity contribution in [2.45, 2.75) is 25.9 Å². The van der Waals surface area contributed by atoms with Crippen LogP contribution in [0.15, 0.2) is 12.3 Å². The number of rotatable bonds is 7. The lowest BCUT2D eigenvalue weighted by Crippen LogP contribution is -2.43. The quantitative estimate of drug-likeness (QED) is 0.700. The molecule has 0 unspecified atom stereocenters. The van der Waals surface area contributed by atoms with Crippen molar-refractivity contribution in [3.63, 3.8) is 0 Å². The standard InChI is InChI=1S/C11H18N4O3S/c1-3-15-6-4-9(14-15)13-11(18)12-8(10(16)17)5-7-19-2/h4,6,8H,3,5,7H2,1-2H3,(H,16,17)(H2,12,13,14,18)/t8-/m1/s1. The Balaban J connectivity index is 2.49. The first kappa shape index (κ1) is 15.4. The Labute approximate surface area is 115 Å². The van der Waals surface area contributed by atoms with Crippen molar-refractivity contribution in [2.24, 2.45) is 0 Å². The average molecular weight is 286 g/mol. The van der Waals surface area contributed by atoms with Crippen LogP contribution in [-0.4, -0.2) is 44.9 Å². The molecule has 19 heavy (non-hydrogen) atoms. The number of aromatic nitrogens is 2. The molecule has 3 N–H and O–H groups in total. The van der Waals surface area contributed by atoms with E-state index in [4.69, 9.17) is 5.11 Å². The summed E-state index contributed by atoms with van der Waals surface area (Å²) in [6.45, 7) is 2.63. The second-order valence-electron chi connectivity index (χ2n) is 3.83. The van der Waals surface area contributed by atoms with Crippen LogP contribution in [0.25, 0.3) is 0 Å². The zero-order valence-electron chi connectivity index (χ0n) is 10.9. The molecule has 8 heteroatoms. The number of thioether (sulfide) groups is 1.